The summed E-state index contributed by atoms with van der Waals surface area (Å²) in [4.78, 5) is 16.5. The maximum atomic E-state index is 12.0. The van der Waals surface area contributed by atoms with E-state index in [0.717, 1.165) is 29.1 Å². The van der Waals surface area contributed by atoms with Gasteiger partial charge in [0, 0.05) is 28.7 Å². The first-order chi connectivity index (χ1) is 9.70. The quantitative estimate of drug-likeness (QED) is 0.774. The third kappa shape index (κ3) is 5.93. The van der Waals surface area contributed by atoms with Crippen molar-refractivity contribution in [2.45, 2.75) is 19.8 Å². The van der Waals surface area contributed by atoms with Crippen LogP contribution in [0, 0.1) is 6.92 Å². The summed E-state index contributed by atoms with van der Waals surface area (Å²) in [5.74, 6) is -0.0443. The molecule has 0 spiro atoms. The fraction of sp³-hybridized carbons (Fsp3) is 0.333. The number of halogens is 2. The Hall–Kier alpha value is -1.14. The molecule has 0 aliphatic carbocycles. The number of carbonyl (C=O) groups excluding carboxylic acids is 1. The number of aromatic nitrogens is 1. The van der Waals surface area contributed by atoms with Crippen LogP contribution in [0.2, 0.25) is 0 Å². The van der Waals surface area contributed by atoms with Gasteiger partial charge < -0.3 is 11.1 Å². The first-order valence-electron chi connectivity index (χ1n) is 6.71. The van der Waals surface area contributed by atoms with Crippen molar-refractivity contribution in [3.8, 4) is 10.6 Å². The lowest BCUT2D eigenvalue weighted by Gasteiger charge is -2.05. The van der Waals surface area contributed by atoms with E-state index >= 15 is 0 Å². The summed E-state index contributed by atoms with van der Waals surface area (Å²) in [6.07, 6.45) is 1.84. The number of aryl methyl sites for hydroxylation is 1. The molecular formula is C15H21Cl2N3OS. The second-order valence-electron chi connectivity index (χ2n) is 4.63. The van der Waals surface area contributed by atoms with Gasteiger partial charge in [0.2, 0.25) is 0 Å². The second kappa shape index (κ2) is 10.6. The molecule has 0 saturated carbocycles. The van der Waals surface area contributed by atoms with Crippen LogP contribution in [0.15, 0.2) is 29.6 Å². The smallest absolute Gasteiger partial charge is 0.251 e. The minimum Gasteiger partial charge on any atom is -0.352 e. The lowest BCUT2D eigenvalue weighted by molar-refractivity contribution is 0.0953. The lowest BCUT2D eigenvalue weighted by Crippen LogP contribution is -2.24. The SMILES string of the molecule is Cc1csc(-c2cccc(C(=O)NCCCCN)c2)n1.Cl.Cl. The second-order valence-corrected chi connectivity index (χ2v) is 5.48. The summed E-state index contributed by atoms with van der Waals surface area (Å²) < 4.78 is 0. The number of carbonyl (C=O) groups is 1. The molecule has 22 heavy (non-hydrogen) atoms. The summed E-state index contributed by atoms with van der Waals surface area (Å²) in [5, 5.41) is 5.86. The highest BCUT2D eigenvalue weighted by molar-refractivity contribution is 7.13. The van der Waals surface area contributed by atoms with Gasteiger partial charge in [-0.15, -0.1) is 36.2 Å². The van der Waals surface area contributed by atoms with Crippen LogP contribution >= 0.6 is 36.2 Å². The van der Waals surface area contributed by atoms with Crippen molar-refractivity contribution in [1.29, 1.82) is 0 Å². The maximum absolute atomic E-state index is 12.0. The number of nitrogens with two attached hydrogens (primary N) is 1. The Kier molecular flexibility index (Phi) is 10.0. The van der Waals surface area contributed by atoms with Crippen molar-refractivity contribution in [1.82, 2.24) is 10.3 Å². The van der Waals surface area contributed by atoms with Crippen LogP contribution in [0.5, 0.6) is 0 Å². The van der Waals surface area contributed by atoms with Gasteiger partial charge in [-0.3, -0.25) is 4.79 Å². The summed E-state index contributed by atoms with van der Waals surface area (Å²) >= 11 is 1.59. The predicted octanol–water partition coefficient (Wildman–Crippen LogP) is 3.43. The number of thiazole rings is 1. The van der Waals surface area contributed by atoms with Gasteiger partial charge >= 0.3 is 0 Å². The van der Waals surface area contributed by atoms with Gasteiger partial charge in [0.15, 0.2) is 0 Å². The van der Waals surface area contributed by atoms with Crippen molar-refractivity contribution >= 4 is 42.1 Å². The number of nitrogens with zero attached hydrogens (tertiary/aromatic N) is 1. The number of benzene rings is 1. The molecule has 0 unspecified atom stereocenters. The largest absolute Gasteiger partial charge is 0.352 e. The van der Waals surface area contributed by atoms with Crippen molar-refractivity contribution in [2.24, 2.45) is 5.73 Å². The molecule has 1 heterocycles. The highest BCUT2D eigenvalue weighted by Crippen LogP contribution is 2.24. The minimum atomic E-state index is -0.0443. The highest BCUT2D eigenvalue weighted by atomic mass is 35.5. The molecule has 0 bridgehead atoms. The van der Waals surface area contributed by atoms with Crippen LogP contribution in [0.4, 0.5) is 0 Å². The Labute approximate surface area is 147 Å². The van der Waals surface area contributed by atoms with E-state index in [1.807, 2.05) is 36.6 Å². The van der Waals surface area contributed by atoms with Crippen molar-refractivity contribution in [3.63, 3.8) is 0 Å². The number of amides is 1. The predicted molar refractivity (Wildman–Crippen MR) is 97.4 cm³/mol. The van der Waals surface area contributed by atoms with Gasteiger partial charge in [0.25, 0.3) is 5.91 Å². The van der Waals surface area contributed by atoms with E-state index in [0.29, 0.717) is 18.7 Å². The lowest BCUT2D eigenvalue weighted by atomic mass is 10.1. The highest BCUT2D eigenvalue weighted by Gasteiger charge is 2.08. The molecule has 4 nitrogen and oxygen atoms in total. The molecule has 0 saturated heterocycles. The van der Waals surface area contributed by atoms with E-state index < -0.39 is 0 Å². The van der Waals surface area contributed by atoms with Gasteiger partial charge in [-0.2, -0.15) is 0 Å². The maximum Gasteiger partial charge on any atom is 0.251 e. The molecule has 1 aromatic carbocycles. The number of rotatable bonds is 6. The first-order valence-corrected chi connectivity index (χ1v) is 7.59. The normalized spacial score (nSPS) is 9.55. The average molecular weight is 362 g/mol. The monoisotopic (exact) mass is 361 g/mol. The molecule has 1 amide bonds. The van der Waals surface area contributed by atoms with Crippen LogP contribution in [-0.4, -0.2) is 24.0 Å². The molecule has 2 aromatic rings. The summed E-state index contributed by atoms with van der Waals surface area (Å²) in [6.45, 7) is 3.29. The van der Waals surface area contributed by atoms with Gasteiger partial charge in [-0.05, 0) is 38.4 Å². The Balaban J connectivity index is 0.00000220. The molecule has 0 atom stereocenters. The van der Waals surface area contributed by atoms with Crippen LogP contribution in [0.1, 0.15) is 28.9 Å². The summed E-state index contributed by atoms with van der Waals surface area (Å²) in [7, 11) is 0. The Morgan fingerprint density at radius 3 is 2.73 bits per heavy atom. The summed E-state index contributed by atoms with van der Waals surface area (Å²) in [5.41, 5.74) is 8.08. The van der Waals surface area contributed by atoms with Crippen molar-refractivity contribution < 1.29 is 4.79 Å². The van der Waals surface area contributed by atoms with Crippen LogP contribution < -0.4 is 11.1 Å². The van der Waals surface area contributed by atoms with E-state index in [9.17, 15) is 4.79 Å². The van der Waals surface area contributed by atoms with E-state index in [1.54, 1.807) is 11.3 Å². The van der Waals surface area contributed by atoms with E-state index in [-0.39, 0.29) is 30.7 Å². The molecule has 0 fully saturated rings. The van der Waals surface area contributed by atoms with E-state index in [1.165, 1.54) is 0 Å². The number of hydrogen-bond acceptors (Lipinski definition) is 4. The van der Waals surface area contributed by atoms with Crippen LogP contribution in [-0.2, 0) is 0 Å². The average Bonchev–Trinajstić information content (AvgIpc) is 2.90. The fourth-order valence-corrected chi connectivity index (χ4v) is 2.65. The topological polar surface area (TPSA) is 68.0 Å². The van der Waals surface area contributed by atoms with E-state index in [4.69, 9.17) is 5.73 Å². The number of unbranched alkanes of at least 4 members (excludes halogenated alkanes) is 1. The molecular weight excluding hydrogens is 341 g/mol. The molecule has 2 rings (SSSR count). The van der Waals surface area contributed by atoms with Gasteiger partial charge in [0.1, 0.15) is 5.01 Å². The van der Waals surface area contributed by atoms with Gasteiger partial charge in [-0.25, -0.2) is 4.98 Å². The molecule has 1 aromatic heterocycles. The van der Waals surface area contributed by atoms with Gasteiger partial charge in [0.05, 0.1) is 0 Å². The van der Waals surface area contributed by atoms with Crippen molar-refractivity contribution in [3.05, 3.63) is 40.9 Å². The standard InChI is InChI=1S/C15H19N3OS.2ClH/c1-11-10-20-15(18-11)13-6-4-5-12(9-13)14(19)17-8-3-2-7-16;;/h4-6,9-10H,2-3,7-8,16H2,1H3,(H,17,19);2*1H. The molecule has 122 valence electrons. The zero-order chi connectivity index (χ0) is 14.4. The van der Waals surface area contributed by atoms with Gasteiger partial charge in [-0.1, -0.05) is 12.1 Å². The zero-order valence-corrected chi connectivity index (χ0v) is 14.8. The van der Waals surface area contributed by atoms with Crippen LogP contribution in [0.3, 0.4) is 0 Å². The first kappa shape index (κ1) is 20.9. The van der Waals surface area contributed by atoms with Crippen LogP contribution in [0.25, 0.3) is 10.6 Å². The van der Waals surface area contributed by atoms with Crippen molar-refractivity contribution in [2.75, 3.05) is 13.1 Å². The minimum absolute atomic E-state index is 0. The third-order valence-corrected chi connectivity index (χ3v) is 3.92. The molecule has 3 N–H and O–H groups in total. The summed E-state index contributed by atoms with van der Waals surface area (Å²) in [6, 6.07) is 7.57. The Bertz CT molecular complexity index is 590. The van der Waals surface area contributed by atoms with E-state index in [2.05, 4.69) is 10.3 Å². The third-order valence-electron chi connectivity index (χ3n) is 2.91. The fourth-order valence-electron chi connectivity index (χ4n) is 1.85. The molecule has 0 aliphatic heterocycles. The molecule has 0 aliphatic rings. The number of hydrogen-bond donors (Lipinski definition) is 2. The number of nitrogens with one attached hydrogen (secondary N) is 1. The Morgan fingerprint density at radius 2 is 2.09 bits per heavy atom. The molecule has 0 radical (unpaired) electrons. The molecule has 7 heteroatoms. The Morgan fingerprint density at radius 1 is 1.32 bits per heavy atom. The zero-order valence-electron chi connectivity index (χ0n) is 12.4.